The van der Waals surface area contributed by atoms with Crippen molar-refractivity contribution in [1.82, 2.24) is 0 Å². The predicted molar refractivity (Wildman–Crippen MR) is 101 cm³/mol. The molecular formula is C20H16N2O5. The van der Waals surface area contributed by atoms with Crippen molar-refractivity contribution in [3.8, 4) is 17.2 Å². The Balaban J connectivity index is 1.73. The van der Waals surface area contributed by atoms with Gasteiger partial charge in [0.25, 0.3) is 5.91 Å². The van der Waals surface area contributed by atoms with Gasteiger partial charge in [0, 0.05) is 11.8 Å². The summed E-state index contributed by atoms with van der Waals surface area (Å²) in [4.78, 5) is 22.9. The summed E-state index contributed by atoms with van der Waals surface area (Å²) < 4.78 is 10.8. The van der Waals surface area contributed by atoms with Crippen molar-refractivity contribution in [1.29, 1.82) is 0 Å². The molecule has 0 aromatic heterocycles. The number of benzene rings is 3. The number of amides is 1. The molecule has 3 aromatic rings. The Morgan fingerprint density at radius 3 is 2.22 bits per heavy atom. The summed E-state index contributed by atoms with van der Waals surface area (Å²) in [5.41, 5.74) is 0.854. The molecule has 0 aliphatic carbocycles. The lowest BCUT2D eigenvalue weighted by atomic mass is 10.2. The van der Waals surface area contributed by atoms with Gasteiger partial charge >= 0.3 is 5.69 Å². The van der Waals surface area contributed by atoms with Gasteiger partial charge in [-0.05, 0) is 42.5 Å². The highest BCUT2D eigenvalue weighted by atomic mass is 16.6. The minimum atomic E-state index is -0.503. The molecule has 0 unspecified atom stereocenters. The average molecular weight is 364 g/mol. The van der Waals surface area contributed by atoms with Crippen LogP contribution in [0.5, 0.6) is 17.2 Å². The molecule has 0 saturated heterocycles. The van der Waals surface area contributed by atoms with Crippen LogP contribution in [0.15, 0.2) is 72.8 Å². The number of carbonyl (C=O) groups is 1. The van der Waals surface area contributed by atoms with Crippen LogP contribution in [0.3, 0.4) is 0 Å². The van der Waals surface area contributed by atoms with Crippen molar-refractivity contribution in [3.05, 3.63) is 88.5 Å². The van der Waals surface area contributed by atoms with Crippen LogP contribution in [0, 0.1) is 10.1 Å². The molecule has 0 heterocycles. The first-order valence-corrected chi connectivity index (χ1v) is 8.04. The highest BCUT2D eigenvalue weighted by Crippen LogP contribution is 2.31. The monoisotopic (exact) mass is 364 g/mol. The molecule has 0 fully saturated rings. The third-order valence-corrected chi connectivity index (χ3v) is 3.75. The van der Waals surface area contributed by atoms with Gasteiger partial charge in [-0.3, -0.25) is 14.9 Å². The largest absolute Gasteiger partial charge is 0.496 e. The number of nitrogens with one attached hydrogen (secondary N) is 1. The SMILES string of the molecule is COc1ccccc1C(=O)Nc1ccc(Oc2ccccc2[N+](=O)[O-])cc1. The topological polar surface area (TPSA) is 90.7 Å². The van der Waals surface area contributed by atoms with Crippen LogP contribution in [-0.4, -0.2) is 17.9 Å². The lowest BCUT2D eigenvalue weighted by Gasteiger charge is -2.10. The molecule has 136 valence electrons. The van der Waals surface area contributed by atoms with Crippen LogP contribution in [0.25, 0.3) is 0 Å². The van der Waals surface area contributed by atoms with Gasteiger partial charge in [0.1, 0.15) is 11.5 Å². The van der Waals surface area contributed by atoms with Crippen LogP contribution in [-0.2, 0) is 0 Å². The van der Waals surface area contributed by atoms with E-state index in [1.807, 2.05) is 0 Å². The van der Waals surface area contributed by atoms with Gasteiger partial charge in [-0.15, -0.1) is 0 Å². The zero-order chi connectivity index (χ0) is 19.2. The van der Waals surface area contributed by atoms with E-state index >= 15 is 0 Å². The molecule has 0 bridgehead atoms. The first-order valence-electron chi connectivity index (χ1n) is 8.04. The minimum Gasteiger partial charge on any atom is -0.496 e. The van der Waals surface area contributed by atoms with Crippen molar-refractivity contribution in [2.24, 2.45) is 0 Å². The quantitative estimate of drug-likeness (QED) is 0.508. The average Bonchev–Trinajstić information content (AvgIpc) is 2.69. The summed E-state index contributed by atoms with van der Waals surface area (Å²) >= 11 is 0. The molecule has 0 aliphatic rings. The number of anilines is 1. The molecule has 3 rings (SSSR count). The van der Waals surface area contributed by atoms with E-state index in [1.165, 1.54) is 19.2 Å². The molecule has 27 heavy (non-hydrogen) atoms. The number of methoxy groups -OCH3 is 1. The van der Waals surface area contributed by atoms with Gasteiger partial charge in [0.05, 0.1) is 17.6 Å². The second kappa shape index (κ2) is 8.01. The highest BCUT2D eigenvalue weighted by Gasteiger charge is 2.15. The van der Waals surface area contributed by atoms with Gasteiger partial charge in [-0.2, -0.15) is 0 Å². The number of nitro groups is 1. The molecule has 3 aromatic carbocycles. The van der Waals surface area contributed by atoms with Gasteiger partial charge in [-0.25, -0.2) is 0 Å². The van der Waals surface area contributed by atoms with E-state index in [0.717, 1.165) is 0 Å². The maximum atomic E-state index is 12.4. The third-order valence-electron chi connectivity index (χ3n) is 3.75. The number of nitro benzene ring substituents is 1. The molecule has 1 amide bonds. The Labute approximate surface area is 155 Å². The first-order chi connectivity index (χ1) is 13.1. The molecule has 0 radical (unpaired) electrons. The number of nitrogens with zero attached hydrogens (tertiary/aromatic N) is 1. The molecule has 7 heteroatoms. The number of carbonyl (C=O) groups excluding carboxylic acids is 1. The van der Waals surface area contributed by atoms with E-state index in [2.05, 4.69) is 5.32 Å². The fraction of sp³-hybridized carbons (Fsp3) is 0.0500. The van der Waals surface area contributed by atoms with Crippen LogP contribution in [0.1, 0.15) is 10.4 Å². The van der Waals surface area contributed by atoms with E-state index < -0.39 is 4.92 Å². The second-order valence-corrected chi connectivity index (χ2v) is 5.51. The van der Waals surface area contributed by atoms with Crippen molar-refractivity contribution in [2.75, 3.05) is 12.4 Å². The van der Waals surface area contributed by atoms with Gasteiger partial charge in [-0.1, -0.05) is 24.3 Å². The smallest absolute Gasteiger partial charge is 0.311 e. The Morgan fingerprint density at radius 1 is 0.926 bits per heavy atom. The lowest BCUT2D eigenvalue weighted by Crippen LogP contribution is -2.12. The molecule has 1 N–H and O–H groups in total. The fourth-order valence-corrected chi connectivity index (χ4v) is 2.46. The Morgan fingerprint density at radius 2 is 1.56 bits per heavy atom. The number of para-hydroxylation sites is 3. The zero-order valence-corrected chi connectivity index (χ0v) is 14.4. The molecule has 0 spiro atoms. The first kappa shape index (κ1) is 17.9. The van der Waals surface area contributed by atoms with E-state index in [9.17, 15) is 14.9 Å². The van der Waals surface area contributed by atoms with Crippen molar-refractivity contribution in [2.45, 2.75) is 0 Å². The summed E-state index contributed by atoms with van der Waals surface area (Å²) in [7, 11) is 1.50. The summed E-state index contributed by atoms with van der Waals surface area (Å²) in [6.45, 7) is 0. The van der Waals surface area contributed by atoms with Gasteiger partial charge in [0.2, 0.25) is 5.75 Å². The van der Waals surface area contributed by atoms with E-state index in [-0.39, 0.29) is 17.3 Å². The summed E-state index contributed by atoms with van der Waals surface area (Å²) in [6, 6.07) is 19.6. The summed E-state index contributed by atoms with van der Waals surface area (Å²) in [5, 5.41) is 13.8. The molecular weight excluding hydrogens is 348 g/mol. The number of hydrogen-bond acceptors (Lipinski definition) is 5. The van der Waals surface area contributed by atoms with Crippen molar-refractivity contribution in [3.63, 3.8) is 0 Å². The number of rotatable bonds is 6. The van der Waals surface area contributed by atoms with E-state index in [0.29, 0.717) is 22.7 Å². The highest BCUT2D eigenvalue weighted by molar-refractivity contribution is 6.06. The number of ether oxygens (including phenoxy) is 2. The maximum absolute atomic E-state index is 12.4. The van der Waals surface area contributed by atoms with Crippen molar-refractivity contribution < 1.29 is 19.2 Å². The lowest BCUT2D eigenvalue weighted by molar-refractivity contribution is -0.385. The van der Waals surface area contributed by atoms with Crippen molar-refractivity contribution >= 4 is 17.3 Å². The second-order valence-electron chi connectivity index (χ2n) is 5.51. The Hall–Kier alpha value is -3.87. The molecule has 0 atom stereocenters. The summed E-state index contributed by atoms with van der Waals surface area (Å²) in [5.74, 6) is 0.735. The van der Waals surface area contributed by atoms with Gasteiger partial charge in [0.15, 0.2) is 0 Å². The van der Waals surface area contributed by atoms with E-state index in [4.69, 9.17) is 9.47 Å². The molecule has 0 saturated carbocycles. The Kier molecular flexibility index (Phi) is 5.32. The van der Waals surface area contributed by atoms with Crippen LogP contribution in [0.2, 0.25) is 0 Å². The van der Waals surface area contributed by atoms with Crippen LogP contribution >= 0.6 is 0 Å². The standard InChI is InChI=1S/C20H16N2O5/c1-26-18-8-4-2-6-16(18)20(23)21-14-10-12-15(13-11-14)27-19-9-5-3-7-17(19)22(24)25/h2-13H,1H3,(H,21,23). The molecule has 7 nitrogen and oxygen atoms in total. The summed E-state index contributed by atoms with van der Waals surface area (Å²) in [6.07, 6.45) is 0. The molecule has 0 aliphatic heterocycles. The van der Waals surface area contributed by atoms with E-state index in [1.54, 1.807) is 60.7 Å². The third kappa shape index (κ3) is 4.21. The fourth-order valence-electron chi connectivity index (χ4n) is 2.46. The van der Waals surface area contributed by atoms with Crippen LogP contribution in [0.4, 0.5) is 11.4 Å². The Bertz CT molecular complexity index is 970. The van der Waals surface area contributed by atoms with Gasteiger partial charge < -0.3 is 14.8 Å². The zero-order valence-electron chi connectivity index (χ0n) is 14.4. The normalized spacial score (nSPS) is 10.1. The van der Waals surface area contributed by atoms with Crippen LogP contribution < -0.4 is 14.8 Å². The maximum Gasteiger partial charge on any atom is 0.311 e. The number of hydrogen-bond donors (Lipinski definition) is 1. The minimum absolute atomic E-state index is 0.119. The predicted octanol–water partition coefficient (Wildman–Crippen LogP) is 4.65.